The fraction of sp³-hybridized carbons (Fsp3) is 0.643. The quantitative estimate of drug-likeness (QED) is 0.878. The van der Waals surface area contributed by atoms with Gasteiger partial charge in [-0.15, -0.1) is 0 Å². The zero-order valence-electron chi connectivity index (χ0n) is 12.0. The molecule has 7 heteroatoms. The highest BCUT2D eigenvalue weighted by Gasteiger charge is 2.34. The molecule has 0 radical (unpaired) electrons. The molecular weight excluding hydrogens is 290 g/mol. The molecule has 0 spiro atoms. The minimum absolute atomic E-state index is 0.0412. The molecule has 0 atom stereocenters. The number of hydrogen-bond donors (Lipinski definition) is 1. The van der Waals surface area contributed by atoms with Crippen molar-refractivity contribution in [3.05, 3.63) is 32.5 Å². The molecule has 1 fully saturated rings. The second kappa shape index (κ2) is 5.73. The molecule has 0 amide bonds. The van der Waals surface area contributed by atoms with E-state index >= 15 is 0 Å². The number of nitrogens with zero attached hydrogens (tertiary/aromatic N) is 3. The minimum atomic E-state index is -0.512. The SMILES string of the molecule is Cc1csc(=O)n1CCc1nc(CCC2(O)CCC2)no1. The molecule has 1 aliphatic rings. The molecule has 0 aliphatic heterocycles. The van der Waals surface area contributed by atoms with Crippen LogP contribution in [-0.2, 0) is 19.4 Å². The predicted molar refractivity (Wildman–Crippen MR) is 78.4 cm³/mol. The lowest BCUT2D eigenvalue weighted by Gasteiger charge is -2.36. The van der Waals surface area contributed by atoms with Crippen molar-refractivity contribution in [1.82, 2.24) is 14.7 Å². The van der Waals surface area contributed by atoms with Gasteiger partial charge in [0.15, 0.2) is 5.82 Å². The van der Waals surface area contributed by atoms with Crippen LogP contribution in [0.3, 0.4) is 0 Å². The van der Waals surface area contributed by atoms with Gasteiger partial charge in [0.25, 0.3) is 0 Å². The predicted octanol–water partition coefficient (Wildman–Crippen LogP) is 1.69. The number of rotatable bonds is 6. The summed E-state index contributed by atoms with van der Waals surface area (Å²) in [4.78, 5) is 16.0. The van der Waals surface area contributed by atoms with E-state index in [2.05, 4.69) is 10.1 Å². The van der Waals surface area contributed by atoms with Crippen molar-refractivity contribution in [1.29, 1.82) is 0 Å². The lowest BCUT2D eigenvalue weighted by atomic mass is 9.77. The molecule has 114 valence electrons. The molecule has 0 saturated heterocycles. The third-order valence-electron chi connectivity index (χ3n) is 4.13. The smallest absolute Gasteiger partial charge is 0.307 e. The summed E-state index contributed by atoms with van der Waals surface area (Å²) in [5.41, 5.74) is 0.443. The highest BCUT2D eigenvalue weighted by Crippen LogP contribution is 2.35. The van der Waals surface area contributed by atoms with E-state index in [1.165, 1.54) is 11.3 Å². The number of aryl methyl sites for hydroxylation is 3. The van der Waals surface area contributed by atoms with Crippen LogP contribution in [0, 0.1) is 6.92 Å². The van der Waals surface area contributed by atoms with E-state index < -0.39 is 5.60 Å². The maximum atomic E-state index is 11.6. The van der Waals surface area contributed by atoms with Crippen molar-refractivity contribution in [3.8, 4) is 0 Å². The van der Waals surface area contributed by atoms with Crippen molar-refractivity contribution in [3.63, 3.8) is 0 Å². The van der Waals surface area contributed by atoms with Gasteiger partial charge in [0, 0.05) is 30.5 Å². The van der Waals surface area contributed by atoms with Gasteiger partial charge in [-0.3, -0.25) is 4.79 Å². The van der Waals surface area contributed by atoms with Crippen LogP contribution >= 0.6 is 11.3 Å². The highest BCUT2D eigenvalue weighted by atomic mass is 32.1. The monoisotopic (exact) mass is 309 g/mol. The van der Waals surface area contributed by atoms with E-state index in [1.807, 2.05) is 12.3 Å². The van der Waals surface area contributed by atoms with E-state index in [4.69, 9.17) is 4.52 Å². The molecule has 1 saturated carbocycles. The molecule has 0 unspecified atom stereocenters. The number of aromatic nitrogens is 3. The Morgan fingerprint density at radius 3 is 2.90 bits per heavy atom. The van der Waals surface area contributed by atoms with Crippen molar-refractivity contribution in [2.24, 2.45) is 0 Å². The molecule has 0 bridgehead atoms. The average Bonchev–Trinajstić information content (AvgIpc) is 3.00. The number of thiazole rings is 1. The van der Waals surface area contributed by atoms with Crippen LogP contribution in [0.4, 0.5) is 0 Å². The van der Waals surface area contributed by atoms with E-state index in [0.29, 0.717) is 37.5 Å². The van der Waals surface area contributed by atoms with Gasteiger partial charge in [0.2, 0.25) is 5.89 Å². The summed E-state index contributed by atoms with van der Waals surface area (Å²) >= 11 is 1.20. The topological polar surface area (TPSA) is 81.2 Å². The molecular formula is C14H19N3O3S. The van der Waals surface area contributed by atoms with Crippen LogP contribution in [-0.4, -0.2) is 25.4 Å². The zero-order valence-corrected chi connectivity index (χ0v) is 12.9. The standard InChI is InChI=1S/C14H19N3O3S/c1-10-9-21-13(18)17(10)8-4-12-15-11(16-20-12)3-7-14(19)5-2-6-14/h9,19H,2-8H2,1H3. The maximum absolute atomic E-state index is 11.6. The summed E-state index contributed by atoms with van der Waals surface area (Å²) in [7, 11) is 0. The van der Waals surface area contributed by atoms with Crippen LogP contribution in [0.5, 0.6) is 0 Å². The first-order valence-electron chi connectivity index (χ1n) is 7.24. The minimum Gasteiger partial charge on any atom is -0.390 e. The molecule has 1 aliphatic carbocycles. The lowest BCUT2D eigenvalue weighted by Crippen LogP contribution is -2.37. The Morgan fingerprint density at radius 2 is 2.29 bits per heavy atom. The van der Waals surface area contributed by atoms with E-state index in [9.17, 15) is 9.90 Å². The van der Waals surface area contributed by atoms with Crippen LogP contribution in [0.15, 0.2) is 14.7 Å². The van der Waals surface area contributed by atoms with Gasteiger partial charge >= 0.3 is 4.87 Å². The summed E-state index contributed by atoms with van der Waals surface area (Å²) in [5, 5.41) is 15.8. The largest absolute Gasteiger partial charge is 0.390 e. The normalized spacial score (nSPS) is 16.9. The summed E-state index contributed by atoms with van der Waals surface area (Å²) in [5.74, 6) is 1.18. The van der Waals surface area contributed by atoms with Gasteiger partial charge in [0.05, 0.1) is 5.60 Å². The summed E-state index contributed by atoms with van der Waals surface area (Å²) in [6.45, 7) is 2.47. The average molecular weight is 309 g/mol. The molecule has 2 aromatic rings. The van der Waals surface area contributed by atoms with Gasteiger partial charge in [-0.25, -0.2) is 0 Å². The van der Waals surface area contributed by atoms with E-state index in [0.717, 1.165) is 25.0 Å². The van der Waals surface area contributed by atoms with Crippen LogP contribution < -0.4 is 4.87 Å². The molecule has 0 aromatic carbocycles. The van der Waals surface area contributed by atoms with Crippen molar-refractivity contribution in [2.75, 3.05) is 0 Å². The first-order chi connectivity index (χ1) is 10.1. The van der Waals surface area contributed by atoms with Crippen molar-refractivity contribution in [2.45, 2.75) is 57.6 Å². The van der Waals surface area contributed by atoms with Crippen LogP contribution in [0.25, 0.3) is 0 Å². The van der Waals surface area contributed by atoms with Crippen molar-refractivity contribution < 1.29 is 9.63 Å². The zero-order chi connectivity index (χ0) is 14.9. The Labute approximate surface area is 126 Å². The lowest BCUT2D eigenvalue weighted by molar-refractivity contribution is -0.0402. The molecule has 6 nitrogen and oxygen atoms in total. The third kappa shape index (κ3) is 3.24. The van der Waals surface area contributed by atoms with Gasteiger partial charge < -0.3 is 14.2 Å². The van der Waals surface area contributed by atoms with Gasteiger partial charge in [-0.2, -0.15) is 4.98 Å². The Bertz CT molecular complexity index is 669. The second-order valence-corrected chi connectivity index (χ2v) is 6.55. The third-order valence-corrected chi connectivity index (χ3v) is 5.02. The molecule has 2 aromatic heterocycles. The Morgan fingerprint density at radius 1 is 1.48 bits per heavy atom. The Hall–Kier alpha value is -1.47. The summed E-state index contributed by atoms with van der Waals surface area (Å²) in [6, 6.07) is 0. The first-order valence-corrected chi connectivity index (χ1v) is 8.12. The van der Waals surface area contributed by atoms with Gasteiger partial charge in [-0.1, -0.05) is 16.5 Å². The van der Waals surface area contributed by atoms with Gasteiger partial charge in [-0.05, 0) is 32.6 Å². The van der Waals surface area contributed by atoms with Crippen LogP contribution in [0.2, 0.25) is 0 Å². The van der Waals surface area contributed by atoms with E-state index in [-0.39, 0.29) is 4.87 Å². The Balaban J connectivity index is 1.54. The fourth-order valence-corrected chi connectivity index (χ4v) is 3.32. The highest BCUT2D eigenvalue weighted by molar-refractivity contribution is 7.07. The van der Waals surface area contributed by atoms with E-state index in [1.54, 1.807) is 4.57 Å². The molecule has 1 N–H and O–H groups in total. The first kappa shape index (κ1) is 14.5. The second-order valence-electron chi connectivity index (χ2n) is 5.73. The Kier molecular flexibility index (Phi) is 3.95. The summed E-state index contributed by atoms with van der Waals surface area (Å²) < 4.78 is 6.92. The fourth-order valence-electron chi connectivity index (χ4n) is 2.55. The maximum Gasteiger partial charge on any atom is 0.307 e. The molecule has 2 heterocycles. The van der Waals surface area contributed by atoms with Gasteiger partial charge in [0.1, 0.15) is 0 Å². The van der Waals surface area contributed by atoms with Crippen LogP contribution in [0.1, 0.15) is 43.1 Å². The molecule has 3 rings (SSSR count). The summed E-state index contributed by atoms with van der Waals surface area (Å²) in [6.07, 6.45) is 4.72. The number of hydrogen-bond acceptors (Lipinski definition) is 6. The number of aliphatic hydroxyl groups is 1. The molecule has 21 heavy (non-hydrogen) atoms. The van der Waals surface area contributed by atoms with Crippen molar-refractivity contribution >= 4 is 11.3 Å².